The lowest BCUT2D eigenvalue weighted by Crippen LogP contribution is -2.35. The summed E-state index contributed by atoms with van der Waals surface area (Å²) in [4.78, 5) is 32.5. The molecule has 0 bridgehead atoms. The number of methoxy groups -OCH3 is 1. The molecule has 9 heteroatoms. The summed E-state index contributed by atoms with van der Waals surface area (Å²) in [5.74, 6) is 2.02. The lowest BCUT2D eigenvalue weighted by atomic mass is 10.1. The number of amides is 1. The first-order chi connectivity index (χ1) is 19.4. The number of nitrogens with zero attached hydrogens (tertiary/aromatic N) is 6. The van der Waals surface area contributed by atoms with Gasteiger partial charge in [0, 0.05) is 25.3 Å². The number of piperidine rings is 1. The van der Waals surface area contributed by atoms with Gasteiger partial charge in [0.2, 0.25) is 17.7 Å². The molecule has 0 atom stereocenters. The Morgan fingerprint density at radius 1 is 0.950 bits per heavy atom. The van der Waals surface area contributed by atoms with Crippen LogP contribution in [0.5, 0.6) is 5.88 Å². The highest BCUT2D eigenvalue weighted by Gasteiger charge is 2.25. The molecule has 0 spiro atoms. The van der Waals surface area contributed by atoms with Crippen LogP contribution in [-0.2, 0) is 6.54 Å². The van der Waals surface area contributed by atoms with Crippen molar-refractivity contribution in [3.05, 3.63) is 36.2 Å². The smallest absolute Gasteiger partial charge is 0.291 e. The van der Waals surface area contributed by atoms with Crippen LogP contribution in [0.3, 0.4) is 0 Å². The number of carbonyl (C=O) groups is 1. The molecule has 0 aliphatic carbocycles. The number of fused-ring (bicyclic) bond motifs is 1. The van der Waals surface area contributed by atoms with Gasteiger partial charge in [0.1, 0.15) is 0 Å². The number of hydrogen-bond donors (Lipinski definition) is 1. The minimum Gasteiger partial charge on any atom is -0.479 e. The normalized spacial score (nSPS) is 14.3. The molecule has 218 valence electrons. The number of imidazole rings is 1. The lowest BCUT2D eigenvalue weighted by molar-refractivity contribution is 0.0727. The molecule has 4 rings (SSSR count). The third kappa shape index (κ3) is 7.93. The number of ether oxygens (including phenoxy) is 1. The van der Waals surface area contributed by atoms with Gasteiger partial charge in [0.15, 0.2) is 11.2 Å². The monoisotopic (exact) mass is 549 g/mol. The maximum Gasteiger partial charge on any atom is 0.291 e. The van der Waals surface area contributed by atoms with Crippen LogP contribution >= 0.6 is 0 Å². The number of para-hydroxylation sites is 1. The Kier molecular flexibility index (Phi) is 10.7. The average Bonchev–Trinajstić information content (AvgIpc) is 3.29. The first-order valence-corrected chi connectivity index (χ1v) is 15.0. The van der Waals surface area contributed by atoms with Crippen LogP contribution < -0.4 is 10.1 Å². The summed E-state index contributed by atoms with van der Waals surface area (Å²) in [5.41, 5.74) is 2.12. The Balaban J connectivity index is 1.68. The Labute approximate surface area is 239 Å². The zero-order chi connectivity index (χ0) is 28.5. The van der Waals surface area contributed by atoms with Gasteiger partial charge in [-0.2, -0.15) is 4.98 Å². The predicted octanol–water partition coefficient (Wildman–Crippen LogP) is 5.99. The first kappa shape index (κ1) is 29.8. The topological polar surface area (TPSA) is 88.4 Å². The molecule has 1 amide bonds. The van der Waals surface area contributed by atoms with E-state index in [1.54, 1.807) is 7.11 Å². The van der Waals surface area contributed by atoms with Crippen molar-refractivity contribution in [2.45, 2.75) is 72.8 Å². The summed E-state index contributed by atoms with van der Waals surface area (Å²) < 4.78 is 7.76. The molecule has 1 aliphatic rings. The number of carbonyl (C=O) groups excluding carboxylic acids is 1. The lowest BCUT2D eigenvalue weighted by Gasteiger charge is -2.26. The van der Waals surface area contributed by atoms with Crippen LogP contribution in [0.4, 0.5) is 11.6 Å². The zero-order valence-electron chi connectivity index (χ0n) is 25.0. The van der Waals surface area contributed by atoms with Gasteiger partial charge in [-0.25, -0.2) is 9.97 Å². The summed E-state index contributed by atoms with van der Waals surface area (Å²) in [6.07, 6.45) is 6.70. The SMILES string of the molecule is COc1nc(C(=O)N(CCC(C)C)CCC(C)C)nc2c1nc(Nc1ccccc1)n2CCCN1CCCCC1. The van der Waals surface area contributed by atoms with E-state index >= 15 is 0 Å². The number of nitrogens with one attached hydrogen (secondary N) is 1. The van der Waals surface area contributed by atoms with Crippen molar-refractivity contribution in [2.24, 2.45) is 11.8 Å². The molecule has 0 unspecified atom stereocenters. The number of anilines is 2. The Hall–Kier alpha value is -3.20. The van der Waals surface area contributed by atoms with Crippen LogP contribution in [-0.4, -0.2) is 75.1 Å². The van der Waals surface area contributed by atoms with E-state index in [1.807, 2.05) is 35.2 Å². The molecule has 1 saturated heterocycles. The molecule has 0 saturated carbocycles. The Bertz CT molecular complexity index is 1210. The first-order valence-electron chi connectivity index (χ1n) is 15.0. The van der Waals surface area contributed by atoms with Gasteiger partial charge >= 0.3 is 0 Å². The highest BCUT2D eigenvalue weighted by molar-refractivity contribution is 5.93. The van der Waals surface area contributed by atoms with E-state index in [4.69, 9.17) is 14.7 Å². The van der Waals surface area contributed by atoms with Crippen molar-refractivity contribution >= 4 is 28.7 Å². The minimum absolute atomic E-state index is 0.153. The highest BCUT2D eigenvalue weighted by Crippen LogP contribution is 2.28. The van der Waals surface area contributed by atoms with Gasteiger partial charge in [-0.15, -0.1) is 0 Å². The number of aromatic nitrogens is 4. The van der Waals surface area contributed by atoms with Gasteiger partial charge in [-0.05, 0) is 75.7 Å². The number of rotatable bonds is 14. The molecular formula is C31H47N7O2. The molecular weight excluding hydrogens is 502 g/mol. The van der Waals surface area contributed by atoms with Gasteiger partial charge < -0.3 is 19.9 Å². The quantitative estimate of drug-likeness (QED) is 0.264. The summed E-state index contributed by atoms with van der Waals surface area (Å²) in [7, 11) is 1.57. The highest BCUT2D eigenvalue weighted by atomic mass is 16.5. The minimum atomic E-state index is -0.153. The van der Waals surface area contributed by atoms with Crippen LogP contribution in [0.25, 0.3) is 11.2 Å². The molecule has 1 fully saturated rings. The van der Waals surface area contributed by atoms with Gasteiger partial charge in [0.05, 0.1) is 7.11 Å². The summed E-state index contributed by atoms with van der Waals surface area (Å²) >= 11 is 0. The second-order valence-electron chi connectivity index (χ2n) is 11.7. The van der Waals surface area contributed by atoms with Crippen LogP contribution in [0.2, 0.25) is 0 Å². The third-order valence-corrected chi connectivity index (χ3v) is 7.52. The number of aryl methyl sites for hydroxylation is 1. The summed E-state index contributed by atoms with van der Waals surface area (Å²) in [6, 6.07) is 9.99. The van der Waals surface area contributed by atoms with E-state index in [2.05, 4.69) is 47.5 Å². The van der Waals surface area contributed by atoms with Gasteiger partial charge in [-0.1, -0.05) is 52.3 Å². The summed E-state index contributed by atoms with van der Waals surface area (Å²) in [6.45, 7) is 14.2. The molecule has 2 aromatic heterocycles. The average molecular weight is 550 g/mol. The molecule has 0 radical (unpaired) electrons. The van der Waals surface area contributed by atoms with Gasteiger partial charge in [-0.3, -0.25) is 9.36 Å². The maximum atomic E-state index is 13.8. The van der Waals surface area contributed by atoms with Crippen LogP contribution in [0.15, 0.2) is 30.3 Å². The zero-order valence-corrected chi connectivity index (χ0v) is 25.0. The van der Waals surface area contributed by atoms with Crippen LogP contribution in [0.1, 0.15) is 76.8 Å². The second kappa shape index (κ2) is 14.4. The van der Waals surface area contributed by atoms with Crippen molar-refractivity contribution in [1.29, 1.82) is 0 Å². The fourth-order valence-electron chi connectivity index (χ4n) is 5.09. The van der Waals surface area contributed by atoms with Gasteiger partial charge in [0.25, 0.3) is 5.91 Å². The second-order valence-corrected chi connectivity index (χ2v) is 11.7. The van der Waals surface area contributed by atoms with E-state index in [-0.39, 0.29) is 11.7 Å². The number of benzene rings is 1. The van der Waals surface area contributed by atoms with E-state index in [9.17, 15) is 4.79 Å². The fraction of sp³-hybridized carbons (Fsp3) is 0.613. The van der Waals surface area contributed by atoms with Crippen molar-refractivity contribution in [3.8, 4) is 5.88 Å². The number of hydrogen-bond acceptors (Lipinski definition) is 7. The van der Waals surface area contributed by atoms with Crippen molar-refractivity contribution in [2.75, 3.05) is 45.2 Å². The standard InChI is InChI=1S/C31H47N7O2/c1-23(2)15-21-37(22-16-24(3)4)30(39)27-34-28-26(29(35-27)40-5)33-31(32-25-13-8-6-9-14-25)38(28)20-12-19-36-17-10-7-11-18-36/h6,8-9,13-14,23-24H,7,10-12,15-22H2,1-5H3,(H,32,33). The predicted molar refractivity (Wildman–Crippen MR) is 161 cm³/mol. The molecule has 3 aromatic rings. The van der Waals surface area contributed by atoms with E-state index in [0.717, 1.165) is 51.1 Å². The fourth-order valence-corrected chi connectivity index (χ4v) is 5.09. The van der Waals surface area contributed by atoms with E-state index in [0.29, 0.717) is 47.9 Å². The van der Waals surface area contributed by atoms with E-state index < -0.39 is 0 Å². The Morgan fingerprint density at radius 2 is 1.62 bits per heavy atom. The maximum absolute atomic E-state index is 13.8. The molecule has 9 nitrogen and oxygen atoms in total. The van der Waals surface area contributed by atoms with Crippen molar-refractivity contribution < 1.29 is 9.53 Å². The largest absolute Gasteiger partial charge is 0.479 e. The van der Waals surface area contributed by atoms with E-state index in [1.165, 1.54) is 19.3 Å². The Morgan fingerprint density at radius 3 is 2.25 bits per heavy atom. The van der Waals surface area contributed by atoms with Crippen LogP contribution in [0, 0.1) is 11.8 Å². The molecule has 3 heterocycles. The molecule has 1 aromatic carbocycles. The molecule has 1 aliphatic heterocycles. The summed E-state index contributed by atoms with van der Waals surface area (Å²) in [5, 5.41) is 3.46. The molecule has 40 heavy (non-hydrogen) atoms. The molecule has 1 N–H and O–H groups in total. The van der Waals surface area contributed by atoms with Crippen molar-refractivity contribution in [3.63, 3.8) is 0 Å². The number of likely N-dealkylation sites (tertiary alicyclic amines) is 1. The van der Waals surface area contributed by atoms with Crippen molar-refractivity contribution in [1.82, 2.24) is 29.3 Å². The third-order valence-electron chi connectivity index (χ3n) is 7.52.